The minimum absolute atomic E-state index is 0.0200. The van der Waals surface area contributed by atoms with Gasteiger partial charge < -0.3 is 19.0 Å². The van der Waals surface area contributed by atoms with Crippen molar-refractivity contribution >= 4 is 46.6 Å². The Hall–Kier alpha value is -3.49. The van der Waals surface area contributed by atoms with Gasteiger partial charge in [0.05, 0.1) is 23.1 Å². The molecular weight excluding hydrogens is 481 g/mol. The van der Waals surface area contributed by atoms with E-state index in [1.807, 2.05) is 4.90 Å². The van der Waals surface area contributed by atoms with Crippen molar-refractivity contribution in [1.82, 2.24) is 4.90 Å². The Labute approximate surface area is 206 Å². The summed E-state index contributed by atoms with van der Waals surface area (Å²) in [6.45, 7) is 1.84. The molecule has 0 spiro atoms. The number of carbonyl (C=O) groups excluding carboxylic acids is 1. The van der Waals surface area contributed by atoms with E-state index in [0.29, 0.717) is 64.7 Å². The number of ether oxygens (including phenoxy) is 1. The van der Waals surface area contributed by atoms with Gasteiger partial charge in [-0.2, -0.15) is 0 Å². The van der Waals surface area contributed by atoms with Crippen LogP contribution in [0, 0.1) is 10.1 Å². The first-order valence-electron chi connectivity index (χ1n) is 10.5. The highest BCUT2D eigenvalue weighted by Crippen LogP contribution is 2.33. The maximum Gasteiger partial charge on any atom is 0.296 e. The van der Waals surface area contributed by atoms with Crippen molar-refractivity contribution in [2.45, 2.75) is 0 Å². The first kappa shape index (κ1) is 23.7. The van der Waals surface area contributed by atoms with Gasteiger partial charge in [0.15, 0.2) is 0 Å². The molecule has 34 heavy (non-hydrogen) atoms. The predicted octanol–water partition coefficient (Wildman–Crippen LogP) is 5.53. The lowest BCUT2D eigenvalue weighted by molar-refractivity contribution is -0.384. The number of rotatable bonds is 6. The molecule has 3 aromatic rings. The third-order valence-corrected chi connectivity index (χ3v) is 6.07. The van der Waals surface area contributed by atoms with Crippen molar-refractivity contribution in [2.24, 2.45) is 0 Å². The van der Waals surface area contributed by atoms with E-state index in [-0.39, 0.29) is 11.6 Å². The van der Waals surface area contributed by atoms with Crippen LogP contribution in [0.5, 0.6) is 5.75 Å². The summed E-state index contributed by atoms with van der Waals surface area (Å²) in [6.07, 6.45) is 3.06. The number of methoxy groups -OCH3 is 1. The first-order chi connectivity index (χ1) is 16.4. The van der Waals surface area contributed by atoms with E-state index in [0.717, 1.165) is 0 Å². The summed E-state index contributed by atoms with van der Waals surface area (Å²) >= 11 is 12.2. The van der Waals surface area contributed by atoms with E-state index >= 15 is 0 Å². The highest BCUT2D eigenvalue weighted by atomic mass is 35.5. The summed E-state index contributed by atoms with van der Waals surface area (Å²) in [5.41, 5.74) is 1.20. The maximum atomic E-state index is 12.7. The molecular formula is C24H21Cl2N3O5. The van der Waals surface area contributed by atoms with Crippen LogP contribution < -0.4 is 9.64 Å². The molecule has 0 N–H and O–H groups in total. The molecule has 1 amide bonds. The van der Waals surface area contributed by atoms with Crippen molar-refractivity contribution in [1.29, 1.82) is 0 Å². The van der Waals surface area contributed by atoms with Crippen LogP contribution in [0.2, 0.25) is 10.0 Å². The minimum atomic E-state index is -0.424. The lowest BCUT2D eigenvalue weighted by Crippen LogP contribution is -2.48. The summed E-state index contributed by atoms with van der Waals surface area (Å²) in [5.74, 6) is 1.35. The summed E-state index contributed by atoms with van der Waals surface area (Å²) in [4.78, 5) is 27.3. The van der Waals surface area contributed by atoms with Crippen molar-refractivity contribution < 1.29 is 18.9 Å². The van der Waals surface area contributed by atoms with Crippen LogP contribution in [0.1, 0.15) is 5.76 Å². The third-order valence-electron chi connectivity index (χ3n) is 5.52. The number of hydrogen-bond donors (Lipinski definition) is 0. The van der Waals surface area contributed by atoms with Gasteiger partial charge in [-0.3, -0.25) is 14.9 Å². The molecule has 0 bridgehead atoms. The fourth-order valence-corrected chi connectivity index (χ4v) is 4.25. The van der Waals surface area contributed by atoms with Gasteiger partial charge in [0, 0.05) is 42.8 Å². The number of amides is 1. The number of piperazine rings is 1. The molecule has 1 saturated heterocycles. The average Bonchev–Trinajstić information content (AvgIpc) is 3.31. The third kappa shape index (κ3) is 5.18. The summed E-state index contributed by atoms with van der Waals surface area (Å²) in [5, 5.41) is 12.5. The Morgan fingerprint density at radius 3 is 2.53 bits per heavy atom. The van der Waals surface area contributed by atoms with E-state index < -0.39 is 4.92 Å². The zero-order valence-corrected chi connectivity index (χ0v) is 19.8. The molecule has 0 atom stereocenters. The molecule has 1 aromatic heterocycles. The fraction of sp³-hybridized carbons (Fsp3) is 0.208. The molecule has 4 rings (SSSR count). The molecule has 10 heteroatoms. The van der Waals surface area contributed by atoms with Gasteiger partial charge in [-0.05, 0) is 48.5 Å². The van der Waals surface area contributed by atoms with Gasteiger partial charge in [-0.25, -0.2) is 0 Å². The van der Waals surface area contributed by atoms with Crippen molar-refractivity contribution in [3.8, 4) is 17.1 Å². The van der Waals surface area contributed by atoms with Crippen LogP contribution in [0.3, 0.4) is 0 Å². The largest absolute Gasteiger partial charge is 0.496 e. The number of benzene rings is 2. The molecule has 176 valence electrons. The normalized spacial score (nSPS) is 14.0. The molecule has 2 aromatic carbocycles. The molecule has 0 saturated carbocycles. The summed E-state index contributed by atoms with van der Waals surface area (Å²) in [7, 11) is 1.47. The standard InChI is InChI=1S/C24H21Cl2N3O5/c1-33-18-3-7-21(22(15-18)29(31)32)27-10-12-28(13-11-27)24(30)9-5-17-4-8-23(34-17)19-6-2-16(25)14-20(19)26/h2-9,14-15H,10-13H2,1H3. The van der Waals surface area contributed by atoms with Gasteiger partial charge >= 0.3 is 0 Å². The second kappa shape index (κ2) is 10.2. The van der Waals surface area contributed by atoms with Crippen molar-refractivity contribution in [3.05, 3.63) is 80.5 Å². The van der Waals surface area contributed by atoms with E-state index in [1.54, 1.807) is 53.4 Å². The molecule has 1 fully saturated rings. The van der Waals surface area contributed by atoms with E-state index in [4.69, 9.17) is 32.4 Å². The Morgan fingerprint density at radius 2 is 1.85 bits per heavy atom. The zero-order chi connectivity index (χ0) is 24.2. The van der Waals surface area contributed by atoms with Gasteiger partial charge in [0.25, 0.3) is 5.69 Å². The summed E-state index contributed by atoms with van der Waals surface area (Å²) in [6, 6.07) is 13.4. The van der Waals surface area contributed by atoms with Crippen molar-refractivity contribution in [3.63, 3.8) is 0 Å². The number of nitrogens with zero attached hydrogens (tertiary/aromatic N) is 3. The number of furan rings is 1. The van der Waals surface area contributed by atoms with E-state index in [2.05, 4.69) is 0 Å². The molecule has 2 heterocycles. The van der Waals surface area contributed by atoms with Crippen LogP contribution in [-0.4, -0.2) is 49.0 Å². The maximum absolute atomic E-state index is 12.7. The SMILES string of the molecule is COc1ccc(N2CCN(C(=O)C=Cc3ccc(-c4ccc(Cl)cc4Cl)o3)CC2)c([N+](=O)[O-])c1. The Balaban J connectivity index is 1.38. The van der Waals surface area contributed by atoms with Crippen LogP contribution in [-0.2, 0) is 4.79 Å². The minimum Gasteiger partial charge on any atom is -0.496 e. The Bertz CT molecular complexity index is 1250. The average molecular weight is 502 g/mol. The van der Waals surface area contributed by atoms with Crippen LogP contribution in [0.25, 0.3) is 17.4 Å². The summed E-state index contributed by atoms with van der Waals surface area (Å²) < 4.78 is 10.9. The molecule has 0 radical (unpaired) electrons. The lowest BCUT2D eigenvalue weighted by Gasteiger charge is -2.35. The zero-order valence-electron chi connectivity index (χ0n) is 18.2. The topological polar surface area (TPSA) is 89.1 Å². The first-order valence-corrected chi connectivity index (χ1v) is 11.2. The number of halogens is 2. The number of carbonyl (C=O) groups is 1. The van der Waals surface area contributed by atoms with Crippen LogP contribution in [0.4, 0.5) is 11.4 Å². The second-order valence-corrected chi connectivity index (χ2v) is 8.43. The predicted molar refractivity (Wildman–Crippen MR) is 132 cm³/mol. The quantitative estimate of drug-likeness (QED) is 0.250. The fourth-order valence-electron chi connectivity index (χ4n) is 3.75. The van der Waals surface area contributed by atoms with E-state index in [9.17, 15) is 14.9 Å². The molecule has 0 unspecified atom stereocenters. The molecule has 0 aliphatic carbocycles. The number of nitro benzene ring substituents is 1. The molecule has 1 aliphatic rings. The Kier molecular flexibility index (Phi) is 7.09. The van der Waals surface area contributed by atoms with Gasteiger partial charge in [0.2, 0.25) is 5.91 Å². The smallest absolute Gasteiger partial charge is 0.296 e. The molecule has 8 nitrogen and oxygen atoms in total. The van der Waals surface area contributed by atoms with Gasteiger partial charge in [-0.1, -0.05) is 23.2 Å². The highest BCUT2D eigenvalue weighted by Gasteiger charge is 2.25. The highest BCUT2D eigenvalue weighted by molar-refractivity contribution is 6.36. The lowest BCUT2D eigenvalue weighted by atomic mass is 10.2. The Morgan fingerprint density at radius 1 is 1.09 bits per heavy atom. The molecule has 1 aliphatic heterocycles. The van der Waals surface area contributed by atoms with E-state index in [1.165, 1.54) is 19.3 Å². The number of anilines is 1. The van der Waals surface area contributed by atoms with Crippen molar-refractivity contribution in [2.75, 3.05) is 38.2 Å². The second-order valence-electron chi connectivity index (χ2n) is 7.58. The van der Waals surface area contributed by atoms with Gasteiger partial charge in [0.1, 0.15) is 23.0 Å². The van der Waals surface area contributed by atoms with Crippen LogP contribution >= 0.6 is 23.2 Å². The van der Waals surface area contributed by atoms with Crippen LogP contribution in [0.15, 0.2) is 59.0 Å². The number of nitro groups is 1. The monoisotopic (exact) mass is 501 g/mol. The number of hydrogen-bond acceptors (Lipinski definition) is 6. The van der Waals surface area contributed by atoms with Gasteiger partial charge in [-0.15, -0.1) is 0 Å².